The molecule has 2 aromatic heterocycles. The number of fused-ring (bicyclic) bond motifs is 1. The van der Waals surface area contributed by atoms with Crippen molar-refractivity contribution in [2.45, 2.75) is 12.7 Å². The summed E-state index contributed by atoms with van der Waals surface area (Å²) in [5.41, 5.74) is -0.254. The largest absolute Gasteiger partial charge is 0.417 e. The third-order valence-corrected chi connectivity index (χ3v) is 3.64. The molecule has 0 N–H and O–H groups in total. The van der Waals surface area contributed by atoms with Crippen LogP contribution < -0.4 is 5.56 Å². The van der Waals surface area contributed by atoms with Gasteiger partial charge < -0.3 is 4.57 Å². The second-order valence-corrected chi connectivity index (χ2v) is 5.45. The highest BCUT2D eigenvalue weighted by Gasteiger charge is 2.32. The molecule has 3 rings (SSSR count). The Hall–Kier alpha value is -2.34. The molecule has 0 atom stereocenters. The zero-order valence-electron chi connectivity index (χ0n) is 11.6. The number of nitrogens with zero attached hydrogens (tertiary/aromatic N) is 2. The van der Waals surface area contributed by atoms with Gasteiger partial charge in [0.1, 0.15) is 5.02 Å². The fourth-order valence-corrected chi connectivity index (χ4v) is 2.50. The number of hydrogen-bond acceptors (Lipinski definition) is 2. The van der Waals surface area contributed by atoms with Crippen LogP contribution in [0.5, 0.6) is 0 Å². The molecule has 2 heterocycles. The third-order valence-electron chi connectivity index (χ3n) is 3.37. The molecule has 0 saturated heterocycles. The number of para-hydroxylation sites is 1. The number of pyridine rings is 2. The summed E-state index contributed by atoms with van der Waals surface area (Å²) in [6.45, 7) is -0.0414. The molecular formula is C16H10ClF3N2O. The minimum absolute atomic E-state index is 0.0414. The van der Waals surface area contributed by atoms with Crippen LogP contribution in [0.15, 0.2) is 53.6 Å². The van der Waals surface area contributed by atoms with Crippen LogP contribution in [-0.4, -0.2) is 9.55 Å². The van der Waals surface area contributed by atoms with Gasteiger partial charge >= 0.3 is 6.18 Å². The smallest absolute Gasteiger partial charge is 0.309 e. The van der Waals surface area contributed by atoms with Crippen molar-refractivity contribution in [1.29, 1.82) is 0 Å². The van der Waals surface area contributed by atoms with Crippen LogP contribution in [-0.2, 0) is 12.7 Å². The van der Waals surface area contributed by atoms with Crippen molar-refractivity contribution < 1.29 is 13.2 Å². The molecule has 0 aliphatic heterocycles. The number of halogens is 4. The molecule has 0 unspecified atom stereocenters. The van der Waals surface area contributed by atoms with Crippen LogP contribution in [0, 0.1) is 0 Å². The predicted molar refractivity (Wildman–Crippen MR) is 81.6 cm³/mol. The van der Waals surface area contributed by atoms with Gasteiger partial charge in [0.15, 0.2) is 0 Å². The molecule has 3 aromatic rings. The van der Waals surface area contributed by atoms with Crippen molar-refractivity contribution in [2.75, 3.05) is 0 Å². The summed E-state index contributed by atoms with van der Waals surface area (Å²) in [5, 5.41) is 0.379. The summed E-state index contributed by atoms with van der Waals surface area (Å²) in [5.74, 6) is 0. The normalized spacial score (nSPS) is 11.8. The molecule has 0 fully saturated rings. The van der Waals surface area contributed by atoms with Gasteiger partial charge in [0, 0.05) is 17.8 Å². The van der Waals surface area contributed by atoms with Gasteiger partial charge in [-0.1, -0.05) is 29.8 Å². The Morgan fingerprint density at radius 1 is 1.17 bits per heavy atom. The topological polar surface area (TPSA) is 34.9 Å². The van der Waals surface area contributed by atoms with E-state index in [-0.39, 0.29) is 6.54 Å². The number of alkyl halides is 3. The highest BCUT2D eigenvalue weighted by molar-refractivity contribution is 6.30. The first-order valence-corrected chi connectivity index (χ1v) is 7.03. The van der Waals surface area contributed by atoms with Gasteiger partial charge in [0.25, 0.3) is 5.56 Å². The second-order valence-electron chi connectivity index (χ2n) is 5.04. The lowest BCUT2D eigenvalue weighted by Gasteiger charge is -2.12. The Morgan fingerprint density at radius 2 is 1.91 bits per heavy atom. The van der Waals surface area contributed by atoms with Crippen molar-refractivity contribution in [2.24, 2.45) is 0 Å². The summed E-state index contributed by atoms with van der Waals surface area (Å²) in [6, 6.07) is 9.76. The minimum Gasteiger partial charge on any atom is -0.309 e. The molecule has 0 saturated carbocycles. The van der Waals surface area contributed by atoms with Gasteiger partial charge in [0.2, 0.25) is 0 Å². The minimum atomic E-state index is -4.57. The maximum atomic E-state index is 12.8. The number of aromatic nitrogens is 2. The zero-order chi connectivity index (χ0) is 16.6. The monoisotopic (exact) mass is 338 g/mol. The lowest BCUT2D eigenvalue weighted by molar-refractivity contribution is -0.138. The standard InChI is InChI=1S/C16H10ClF3N2O/c17-13-6-12(16(18,19)20)9-22(15(13)23)8-10-5-11-3-1-2-4-14(11)21-7-10/h1-7,9H,8H2. The van der Waals surface area contributed by atoms with E-state index in [1.54, 1.807) is 6.07 Å². The first-order valence-electron chi connectivity index (χ1n) is 6.65. The molecular weight excluding hydrogens is 329 g/mol. The maximum absolute atomic E-state index is 12.8. The predicted octanol–water partition coefficient (Wildman–Crippen LogP) is 4.12. The lowest BCUT2D eigenvalue weighted by Crippen LogP contribution is -2.23. The van der Waals surface area contributed by atoms with Crippen molar-refractivity contribution in [1.82, 2.24) is 9.55 Å². The van der Waals surface area contributed by atoms with Gasteiger partial charge in [-0.05, 0) is 23.8 Å². The van der Waals surface area contributed by atoms with Crippen LogP contribution in [0.1, 0.15) is 11.1 Å². The van der Waals surface area contributed by atoms with E-state index in [4.69, 9.17) is 11.6 Å². The molecule has 0 aliphatic rings. The van der Waals surface area contributed by atoms with Gasteiger partial charge in [0.05, 0.1) is 17.6 Å². The SMILES string of the molecule is O=c1c(Cl)cc(C(F)(F)F)cn1Cc1cnc2ccccc2c1. The quantitative estimate of drug-likeness (QED) is 0.704. The summed E-state index contributed by atoms with van der Waals surface area (Å²) in [6.07, 6.45) is -2.27. The molecule has 3 nitrogen and oxygen atoms in total. The third kappa shape index (κ3) is 3.22. The fraction of sp³-hybridized carbons (Fsp3) is 0.125. The van der Waals surface area contributed by atoms with Crippen LogP contribution in [0.2, 0.25) is 5.02 Å². The Kier molecular flexibility index (Phi) is 3.85. The fourth-order valence-electron chi connectivity index (χ4n) is 2.27. The van der Waals surface area contributed by atoms with Gasteiger partial charge in [-0.25, -0.2) is 0 Å². The zero-order valence-corrected chi connectivity index (χ0v) is 12.4. The summed E-state index contributed by atoms with van der Waals surface area (Å²) in [4.78, 5) is 16.2. The van der Waals surface area contributed by atoms with Gasteiger partial charge in [-0.3, -0.25) is 9.78 Å². The van der Waals surface area contributed by atoms with E-state index < -0.39 is 22.3 Å². The van der Waals surface area contributed by atoms with Crippen molar-refractivity contribution in [3.63, 3.8) is 0 Å². The second kappa shape index (κ2) is 5.70. The van der Waals surface area contributed by atoms with Crippen molar-refractivity contribution in [3.8, 4) is 0 Å². The Morgan fingerprint density at radius 3 is 2.65 bits per heavy atom. The lowest BCUT2D eigenvalue weighted by atomic mass is 10.1. The molecule has 0 amide bonds. The highest BCUT2D eigenvalue weighted by Crippen LogP contribution is 2.29. The van der Waals surface area contributed by atoms with E-state index in [2.05, 4.69) is 4.98 Å². The van der Waals surface area contributed by atoms with E-state index >= 15 is 0 Å². The summed E-state index contributed by atoms with van der Waals surface area (Å²) in [7, 11) is 0. The summed E-state index contributed by atoms with van der Waals surface area (Å²) < 4.78 is 39.5. The van der Waals surface area contributed by atoms with E-state index in [0.717, 1.165) is 21.7 Å². The number of rotatable bonds is 2. The molecule has 7 heteroatoms. The maximum Gasteiger partial charge on any atom is 0.417 e. The number of benzene rings is 1. The molecule has 1 aromatic carbocycles. The molecule has 23 heavy (non-hydrogen) atoms. The molecule has 118 valence electrons. The van der Waals surface area contributed by atoms with Crippen LogP contribution >= 0.6 is 11.6 Å². The van der Waals surface area contributed by atoms with Gasteiger partial charge in [-0.15, -0.1) is 0 Å². The Labute approximate surface area is 134 Å². The Balaban J connectivity index is 2.04. The van der Waals surface area contributed by atoms with E-state index in [9.17, 15) is 18.0 Å². The molecule has 0 radical (unpaired) electrons. The first-order chi connectivity index (χ1) is 10.8. The van der Waals surface area contributed by atoms with Gasteiger partial charge in [-0.2, -0.15) is 13.2 Å². The molecule has 0 aliphatic carbocycles. The van der Waals surface area contributed by atoms with E-state index in [1.807, 2.05) is 24.3 Å². The van der Waals surface area contributed by atoms with Crippen LogP contribution in [0.3, 0.4) is 0 Å². The van der Waals surface area contributed by atoms with Crippen LogP contribution in [0.25, 0.3) is 10.9 Å². The van der Waals surface area contributed by atoms with Crippen LogP contribution in [0.4, 0.5) is 13.2 Å². The molecule has 0 bridgehead atoms. The first kappa shape index (κ1) is 15.6. The van der Waals surface area contributed by atoms with Crippen molar-refractivity contribution in [3.05, 3.63) is 75.3 Å². The van der Waals surface area contributed by atoms with E-state index in [1.165, 1.54) is 6.20 Å². The summed E-state index contributed by atoms with van der Waals surface area (Å²) >= 11 is 5.64. The van der Waals surface area contributed by atoms with Crippen molar-refractivity contribution >= 4 is 22.5 Å². The average Bonchev–Trinajstić information content (AvgIpc) is 2.50. The van der Waals surface area contributed by atoms with E-state index in [0.29, 0.717) is 11.6 Å². The average molecular weight is 339 g/mol. The number of hydrogen-bond donors (Lipinski definition) is 0. The Bertz CT molecular complexity index is 934. The highest BCUT2D eigenvalue weighted by atomic mass is 35.5. The molecule has 0 spiro atoms.